The number of rotatable bonds is 6. The van der Waals surface area contributed by atoms with Crippen LogP contribution >= 0.6 is 11.3 Å². The largest absolute Gasteiger partial charge is 0.497 e. The number of nitrogens with one attached hydrogen (secondary N) is 1. The van der Waals surface area contributed by atoms with Crippen molar-refractivity contribution in [2.24, 2.45) is 0 Å². The molecule has 134 valence electrons. The second kappa shape index (κ2) is 7.03. The van der Waals surface area contributed by atoms with Crippen molar-refractivity contribution >= 4 is 17.2 Å². The second-order valence-corrected chi connectivity index (χ2v) is 7.67. The Hall–Kier alpha value is -2.47. The summed E-state index contributed by atoms with van der Waals surface area (Å²) in [5.74, 6) is 3.25. The monoisotopic (exact) mass is 366 g/mol. The number of methoxy groups -OCH3 is 1. The van der Waals surface area contributed by atoms with E-state index < -0.39 is 0 Å². The van der Waals surface area contributed by atoms with Crippen LogP contribution in [0.3, 0.4) is 0 Å². The van der Waals surface area contributed by atoms with Crippen LogP contribution in [0.25, 0.3) is 10.6 Å². The average molecular weight is 366 g/mol. The highest BCUT2D eigenvalue weighted by molar-refractivity contribution is 7.15. The molecule has 1 N–H and O–H groups in total. The summed E-state index contributed by atoms with van der Waals surface area (Å²) >= 11 is 1.72. The van der Waals surface area contributed by atoms with Crippen LogP contribution in [0.4, 0.5) is 5.82 Å². The van der Waals surface area contributed by atoms with Gasteiger partial charge in [0.15, 0.2) is 0 Å². The van der Waals surface area contributed by atoms with Gasteiger partial charge in [-0.1, -0.05) is 0 Å². The highest BCUT2D eigenvalue weighted by atomic mass is 32.1. The molecule has 4 rings (SSSR count). The molecule has 0 spiro atoms. The molecule has 6 heteroatoms. The van der Waals surface area contributed by atoms with E-state index in [0.29, 0.717) is 5.92 Å². The van der Waals surface area contributed by atoms with Gasteiger partial charge in [0.05, 0.1) is 18.8 Å². The molecular formula is C20H22N4OS. The Morgan fingerprint density at radius 1 is 1.15 bits per heavy atom. The Morgan fingerprint density at radius 3 is 2.62 bits per heavy atom. The molecule has 0 aliphatic heterocycles. The third-order valence-electron chi connectivity index (χ3n) is 4.54. The summed E-state index contributed by atoms with van der Waals surface area (Å²) in [7, 11) is 1.68. The maximum atomic E-state index is 5.23. The van der Waals surface area contributed by atoms with Gasteiger partial charge in [0.1, 0.15) is 22.4 Å². The molecule has 1 aromatic carbocycles. The summed E-state index contributed by atoms with van der Waals surface area (Å²) in [6, 6.07) is 10.1. The summed E-state index contributed by atoms with van der Waals surface area (Å²) in [5, 5.41) is 4.53. The summed E-state index contributed by atoms with van der Waals surface area (Å²) in [6.45, 7) is 4.21. The predicted molar refractivity (Wildman–Crippen MR) is 105 cm³/mol. The van der Waals surface area contributed by atoms with E-state index in [1.165, 1.54) is 17.7 Å². The van der Waals surface area contributed by atoms with Crippen LogP contribution in [-0.2, 0) is 0 Å². The standard InChI is InChI=1S/C20H22N4OS/c1-12(22-17-10-11-21-19(24-17)14-4-5-14)18-13(2)23-20(26-18)15-6-8-16(25-3)9-7-15/h6-12,14H,4-5H2,1-3H3,(H,21,22,24). The van der Waals surface area contributed by atoms with Crippen LogP contribution in [0.5, 0.6) is 5.75 Å². The minimum absolute atomic E-state index is 0.140. The highest BCUT2D eigenvalue weighted by Gasteiger charge is 2.26. The van der Waals surface area contributed by atoms with Crippen LogP contribution in [-0.4, -0.2) is 22.1 Å². The lowest BCUT2D eigenvalue weighted by Crippen LogP contribution is -2.08. The molecule has 2 heterocycles. The van der Waals surface area contributed by atoms with Crippen molar-refractivity contribution in [3.8, 4) is 16.3 Å². The molecule has 1 fully saturated rings. The number of aromatic nitrogens is 3. The number of hydrogen-bond acceptors (Lipinski definition) is 6. The zero-order valence-corrected chi connectivity index (χ0v) is 16.0. The zero-order chi connectivity index (χ0) is 18.1. The number of aryl methyl sites for hydroxylation is 1. The SMILES string of the molecule is COc1ccc(-c2nc(C)c(C(C)Nc3ccnc(C4CC4)n3)s2)cc1. The highest BCUT2D eigenvalue weighted by Crippen LogP contribution is 2.38. The zero-order valence-electron chi connectivity index (χ0n) is 15.2. The first-order chi connectivity index (χ1) is 12.6. The number of anilines is 1. The van der Waals surface area contributed by atoms with Gasteiger partial charge in [0.25, 0.3) is 0 Å². The normalized spacial score (nSPS) is 14.9. The minimum Gasteiger partial charge on any atom is -0.497 e. The first-order valence-electron chi connectivity index (χ1n) is 8.85. The molecule has 0 amide bonds. The van der Waals surface area contributed by atoms with E-state index in [4.69, 9.17) is 9.72 Å². The Kier molecular flexibility index (Phi) is 4.59. The van der Waals surface area contributed by atoms with Crippen molar-refractivity contribution < 1.29 is 4.74 Å². The van der Waals surface area contributed by atoms with E-state index in [1.54, 1.807) is 18.4 Å². The molecule has 5 nitrogen and oxygen atoms in total. The van der Waals surface area contributed by atoms with Crippen molar-refractivity contribution in [2.75, 3.05) is 12.4 Å². The lowest BCUT2D eigenvalue weighted by atomic mass is 10.2. The van der Waals surface area contributed by atoms with Crippen LogP contribution < -0.4 is 10.1 Å². The molecule has 1 atom stereocenters. The topological polar surface area (TPSA) is 59.9 Å². The van der Waals surface area contributed by atoms with Gasteiger partial charge in [-0.2, -0.15) is 0 Å². The van der Waals surface area contributed by atoms with Crippen LogP contribution in [0, 0.1) is 6.92 Å². The molecule has 2 aromatic heterocycles. The van der Waals surface area contributed by atoms with Gasteiger partial charge >= 0.3 is 0 Å². The number of hydrogen-bond donors (Lipinski definition) is 1. The summed E-state index contributed by atoms with van der Waals surface area (Å²) in [6.07, 6.45) is 4.26. The quantitative estimate of drug-likeness (QED) is 0.667. The molecule has 0 radical (unpaired) electrons. The predicted octanol–water partition coefficient (Wildman–Crippen LogP) is 4.97. The van der Waals surface area contributed by atoms with Crippen LogP contribution in [0.15, 0.2) is 36.5 Å². The van der Waals surface area contributed by atoms with Gasteiger partial charge in [-0.3, -0.25) is 0 Å². The van der Waals surface area contributed by atoms with E-state index in [2.05, 4.69) is 29.1 Å². The van der Waals surface area contributed by atoms with Crippen molar-refractivity contribution in [1.82, 2.24) is 15.0 Å². The van der Waals surface area contributed by atoms with Gasteiger partial charge in [0.2, 0.25) is 0 Å². The van der Waals surface area contributed by atoms with E-state index in [1.807, 2.05) is 36.5 Å². The molecule has 0 saturated heterocycles. The van der Waals surface area contributed by atoms with Gasteiger partial charge in [0, 0.05) is 22.6 Å². The van der Waals surface area contributed by atoms with Crippen molar-refractivity contribution in [3.05, 3.63) is 52.9 Å². The molecule has 1 saturated carbocycles. The van der Waals surface area contributed by atoms with E-state index in [-0.39, 0.29) is 6.04 Å². The fourth-order valence-corrected chi connectivity index (χ4v) is 4.02. The maximum Gasteiger partial charge on any atom is 0.133 e. The first-order valence-corrected chi connectivity index (χ1v) is 9.67. The third kappa shape index (κ3) is 3.55. The summed E-state index contributed by atoms with van der Waals surface area (Å²) < 4.78 is 5.23. The Bertz CT molecular complexity index is 902. The summed E-state index contributed by atoms with van der Waals surface area (Å²) in [4.78, 5) is 15.0. The number of thiazole rings is 1. The maximum absolute atomic E-state index is 5.23. The number of ether oxygens (including phenoxy) is 1. The third-order valence-corrected chi connectivity index (χ3v) is 5.93. The average Bonchev–Trinajstić information content (AvgIpc) is 3.44. The van der Waals surface area contributed by atoms with Gasteiger partial charge in [-0.15, -0.1) is 11.3 Å². The van der Waals surface area contributed by atoms with Gasteiger partial charge in [-0.25, -0.2) is 15.0 Å². The first kappa shape index (κ1) is 17.0. The molecule has 3 aromatic rings. The van der Waals surface area contributed by atoms with E-state index in [9.17, 15) is 0 Å². The van der Waals surface area contributed by atoms with Crippen LogP contribution in [0.1, 0.15) is 48.1 Å². The van der Waals surface area contributed by atoms with E-state index >= 15 is 0 Å². The fraction of sp³-hybridized carbons (Fsp3) is 0.350. The number of benzene rings is 1. The Labute approximate surface area is 157 Å². The molecule has 1 aliphatic carbocycles. The Morgan fingerprint density at radius 2 is 1.92 bits per heavy atom. The fourth-order valence-electron chi connectivity index (χ4n) is 2.95. The Balaban J connectivity index is 1.53. The van der Waals surface area contributed by atoms with Crippen LogP contribution in [0.2, 0.25) is 0 Å². The molecule has 0 bridgehead atoms. The second-order valence-electron chi connectivity index (χ2n) is 6.64. The summed E-state index contributed by atoms with van der Waals surface area (Å²) in [5.41, 5.74) is 2.16. The lowest BCUT2D eigenvalue weighted by molar-refractivity contribution is 0.415. The van der Waals surface area contributed by atoms with Crippen molar-refractivity contribution in [2.45, 2.75) is 38.6 Å². The number of nitrogens with zero attached hydrogens (tertiary/aromatic N) is 3. The van der Waals surface area contributed by atoms with Gasteiger partial charge in [-0.05, 0) is 57.0 Å². The van der Waals surface area contributed by atoms with Gasteiger partial charge < -0.3 is 10.1 Å². The minimum atomic E-state index is 0.140. The van der Waals surface area contributed by atoms with Crippen molar-refractivity contribution in [3.63, 3.8) is 0 Å². The molecule has 1 aliphatic rings. The molecular weight excluding hydrogens is 344 g/mol. The lowest BCUT2D eigenvalue weighted by Gasteiger charge is -2.14. The smallest absolute Gasteiger partial charge is 0.133 e. The molecule has 1 unspecified atom stereocenters. The van der Waals surface area contributed by atoms with Crippen molar-refractivity contribution in [1.29, 1.82) is 0 Å². The molecule has 26 heavy (non-hydrogen) atoms. The van der Waals surface area contributed by atoms with E-state index in [0.717, 1.165) is 33.7 Å².